The summed E-state index contributed by atoms with van der Waals surface area (Å²) in [5.74, 6) is -0.175. The van der Waals surface area contributed by atoms with Gasteiger partial charge in [0.2, 0.25) is 0 Å². The summed E-state index contributed by atoms with van der Waals surface area (Å²) in [5, 5.41) is 3.27. The lowest BCUT2D eigenvalue weighted by molar-refractivity contribution is -0.0983. The summed E-state index contributed by atoms with van der Waals surface area (Å²) < 4.78 is 19.1. The molecule has 1 aliphatic carbocycles. The summed E-state index contributed by atoms with van der Waals surface area (Å²) in [5.41, 5.74) is 1.77. The van der Waals surface area contributed by atoms with E-state index in [1.807, 2.05) is 20.0 Å². The van der Waals surface area contributed by atoms with Crippen molar-refractivity contribution < 1.29 is 9.13 Å². The zero-order chi connectivity index (χ0) is 12.5. The topological polar surface area (TPSA) is 21.3 Å². The number of aryl methyl sites for hydroxylation is 1. The third kappa shape index (κ3) is 2.22. The Morgan fingerprint density at radius 1 is 1.35 bits per heavy atom. The van der Waals surface area contributed by atoms with Crippen LogP contribution < -0.4 is 5.32 Å². The maximum absolute atomic E-state index is 13.5. The third-order valence-corrected chi connectivity index (χ3v) is 3.82. The minimum Gasteiger partial charge on any atom is -0.376 e. The fourth-order valence-electron chi connectivity index (χ4n) is 2.80. The first-order chi connectivity index (χ1) is 8.11. The van der Waals surface area contributed by atoms with Crippen LogP contribution in [0, 0.1) is 12.7 Å². The first-order valence-corrected chi connectivity index (χ1v) is 6.11. The Balaban J connectivity index is 2.34. The van der Waals surface area contributed by atoms with Crippen LogP contribution in [0.5, 0.6) is 0 Å². The summed E-state index contributed by atoms with van der Waals surface area (Å²) in [7, 11) is 3.65. The second-order valence-corrected chi connectivity index (χ2v) is 4.91. The Morgan fingerprint density at radius 2 is 2.06 bits per heavy atom. The van der Waals surface area contributed by atoms with Gasteiger partial charge in [0.25, 0.3) is 0 Å². The number of ether oxygens (including phenoxy) is 1. The van der Waals surface area contributed by atoms with E-state index in [9.17, 15) is 4.39 Å². The van der Waals surface area contributed by atoms with E-state index in [1.54, 1.807) is 19.2 Å². The molecular formula is C14H20FNO. The average molecular weight is 237 g/mol. The van der Waals surface area contributed by atoms with Gasteiger partial charge in [0.15, 0.2) is 0 Å². The van der Waals surface area contributed by atoms with E-state index in [1.165, 1.54) is 6.42 Å². The molecule has 1 saturated carbocycles. The van der Waals surface area contributed by atoms with Crippen molar-refractivity contribution in [3.63, 3.8) is 0 Å². The van der Waals surface area contributed by atoms with Gasteiger partial charge in [-0.15, -0.1) is 0 Å². The van der Waals surface area contributed by atoms with Crippen molar-refractivity contribution in [2.24, 2.45) is 0 Å². The van der Waals surface area contributed by atoms with E-state index >= 15 is 0 Å². The maximum atomic E-state index is 13.5. The number of methoxy groups -OCH3 is 1. The van der Waals surface area contributed by atoms with E-state index in [0.29, 0.717) is 0 Å². The maximum Gasteiger partial charge on any atom is 0.123 e. The molecule has 0 aromatic heterocycles. The van der Waals surface area contributed by atoms with Gasteiger partial charge in [0.05, 0.1) is 11.6 Å². The second-order valence-electron chi connectivity index (χ2n) is 4.91. The SMILES string of the molecule is CNC(c1cc(C)cc(F)c1)C1(OC)CCC1. The van der Waals surface area contributed by atoms with Crippen molar-refractivity contribution in [2.45, 2.75) is 37.8 Å². The number of rotatable bonds is 4. The van der Waals surface area contributed by atoms with Crippen LogP contribution >= 0.6 is 0 Å². The molecule has 0 aliphatic heterocycles. The van der Waals surface area contributed by atoms with Gasteiger partial charge in [-0.05, 0) is 56.5 Å². The van der Waals surface area contributed by atoms with Gasteiger partial charge in [-0.2, -0.15) is 0 Å². The molecule has 17 heavy (non-hydrogen) atoms. The molecule has 0 radical (unpaired) electrons. The molecular weight excluding hydrogens is 217 g/mol. The molecule has 0 saturated heterocycles. The van der Waals surface area contributed by atoms with Crippen LogP contribution in [0.25, 0.3) is 0 Å². The highest BCUT2D eigenvalue weighted by Gasteiger charge is 2.44. The van der Waals surface area contributed by atoms with Crippen LogP contribution in [0.1, 0.15) is 36.4 Å². The Labute approximate surface area is 102 Å². The van der Waals surface area contributed by atoms with Gasteiger partial charge in [-0.25, -0.2) is 4.39 Å². The molecule has 2 rings (SSSR count). The van der Waals surface area contributed by atoms with Crippen LogP contribution in [-0.2, 0) is 4.74 Å². The highest BCUT2D eigenvalue weighted by Crippen LogP contribution is 2.44. The molecule has 0 bridgehead atoms. The first-order valence-electron chi connectivity index (χ1n) is 6.11. The fraction of sp³-hybridized carbons (Fsp3) is 0.571. The van der Waals surface area contributed by atoms with Gasteiger partial charge < -0.3 is 10.1 Å². The summed E-state index contributed by atoms with van der Waals surface area (Å²) in [6, 6.07) is 5.25. The zero-order valence-corrected chi connectivity index (χ0v) is 10.7. The number of likely N-dealkylation sites (N-methyl/N-ethyl adjacent to an activating group) is 1. The van der Waals surface area contributed by atoms with Crippen molar-refractivity contribution in [1.29, 1.82) is 0 Å². The van der Waals surface area contributed by atoms with E-state index in [4.69, 9.17) is 4.74 Å². The largest absolute Gasteiger partial charge is 0.376 e. The molecule has 2 nitrogen and oxygen atoms in total. The fourth-order valence-corrected chi connectivity index (χ4v) is 2.80. The minimum absolute atomic E-state index is 0.0654. The van der Waals surface area contributed by atoms with Crippen LogP contribution in [0.3, 0.4) is 0 Å². The predicted octanol–water partition coefficient (Wildman–Crippen LogP) is 2.96. The smallest absolute Gasteiger partial charge is 0.123 e. The average Bonchev–Trinajstić information content (AvgIpc) is 2.21. The molecule has 1 unspecified atom stereocenters. The van der Waals surface area contributed by atoms with Gasteiger partial charge >= 0.3 is 0 Å². The molecule has 1 fully saturated rings. The van der Waals surface area contributed by atoms with Crippen molar-refractivity contribution >= 4 is 0 Å². The normalized spacial score (nSPS) is 19.8. The highest BCUT2D eigenvalue weighted by atomic mass is 19.1. The van der Waals surface area contributed by atoms with Crippen molar-refractivity contribution in [1.82, 2.24) is 5.32 Å². The molecule has 1 aromatic rings. The Kier molecular flexibility index (Phi) is 3.50. The number of halogens is 1. The predicted molar refractivity (Wildman–Crippen MR) is 66.5 cm³/mol. The van der Waals surface area contributed by atoms with Crippen LogP contribution in [0.15, 0.2) is 18.2 Å². The lowest BCUT2D eigenvalue weighted by Crippen LogP contribution is -2.49. The molecule has 0 amide bonds. The zero-order valence-electron chi connectivity index (χ0n) is 10.7. The van der Waals surface area contributed by atoms with Crippen molar-refractivity contribution in [3.8, 4) is 0 Å². The first kappa shape index (κ1) is 12.5. The molecule has 0 heterocycles. The van der Waals surface area contributed by atoms with Gasteiger partial charge in [-0.3, -0.25) is 0 Å². The summed E-state index contributed by atoms with van der Waals surface area (Å²) in [6.07, 6.45) is 3.25. The lowest BCUT2D eigenvalue weighted by Gasteiger charge is -2.46. The third-order valence-electron chi connectivity index (χ3n) is 3.82. The molecule has 0 spiro atoms. The number of hydrogen-bond donors (Lipinski definition) is 1. The van der Waals surface area contributed by atoms with Crippen molar-refractivity contribution in [3.05, 3.63) is 35.1 Å². The van der Waals surface area contributed by atoms with Crippen LogP contribution in [-0.4, -0.2) is 19.8 Å². The quantitative estimate of drug-likeness (QED) is 0.869. The van der Waals surface area contributed by atoms with E-state index in [2.05, 4.69) is 5.32 Å². The second kappa shape index (κ2) is 4.75. The molecule has 1 aromatic carbocycles. The van der Waals surface area contributed by atoms with E-state index in [-0.39, 0.29) is 17.5 Å². The molecule has 1 atom stereocenters. The van der Waals surface area contributed by atoms with E-state index in [0.717, 1.165) is 24.0 Å². The standard InChI is InChI=1S/C14H20FNO/c1-10-7-11(9-12(15)8-10)13(16-2)14(17-3)5-4-6-14/h7-9,13,16H,4-6H2,1-3H3. The summed E-state index contributed by atoms with van der Waals surface area (Å²) >= 11 is 0. The highest BCUT2D eigenvalue weighted by molar-refractivity contribution is 5.29. The van der Waals surface area contributed by atoms with E-state index < -0.39 is 0 Å². The molecule has 1 aliphatic rings. The molecule has 3 heteroatoms. The Bertz CT molecular complexity index is 375. The number of hydrogen-bond acceptors (Lipinski definition) is 2. The van der Waals surface area contributed by atoms with Crippen LogP contribution in [0.2, 0.25) is 0 Å². The van der Waals surface area contributed by atoms with Gasteiger partial charge in [0, 0.05) is 7.11 Å². The monoisotopic (exact) mass is 237 g/mol. The summed E-state index contributed by atoms with van der Waals surface area (Å²) in [6.45, 7) is 1.92. The molecule has 94 valence electrons. The Morgan fingerprint density at radius 3 is 2.47 bits per heavy atom. The number of benzene rings is 1. The summed E-state index contributed by atoms with van der Waals surface area (Å²) in [4.78, 5) is 0. The van der Waals surface area contributed by atoms with Crippen molar-refractivity contribution in [2.75, 3.05) is 14.2 Å². The lowest BCUT2D eigenvalue weighted by atomic mass is 9.72. The van der Waals surface area contributed by atoms with Crippen LogP contribution in [0.4, 0.5) is 4.39 Å². The Hall–Kier alpha value is -0.930. The minimum atomic E-state index is -0.175. The molecule has 1 N–H and O–H groups in total. The van der Waals surface area contributed by atoms with Gasteiger partial charge in [0.1, 0.15) is 5.82 Å². The van der Waals surface area contributed by atoms with Gasteiger partial charge in [-0.1, -0.05) is 6.07 Å². The number of nitrogens with one attached hydrogen (secondary N) is 1.